The van der Waals surface area contributed by atoms with Crippen molar-refractivity contribution >= 4 is 59.8 Å². The summed E-state index contributed by atoms with van der Waals surface area (Å²) in [6.45, 7) is 7.65. The van der Waals surface area contributed by atoms with Gasteiger partial charge in [-0.3, -0.25) is 0 Å². The quantitative estimate of drug-likeness (QED) is 0.125. The highest BCUT2D eigenvalue weighted by Gasteiger charge is 2.17. The SMILES string of the molecule is [C-]#[N+]c1ccc2c3ccc(-c4ccc(-c5cc6ccc7cc(-c8nc(-c9ccccc9)cc(-c9ccccc9)n8)cc8ccc(c5)c6c78)cc4)cc3n(-c3ccccc3)c2c1. The Morgan fingerprint density at radius 3 is 1.36 bits per heavy atom. The standard InChI is InChI=1S/C57H34N4/c1-58-47-26-28-50-49-27-25-40(33-53(49)61(54(50)34-47)48-15-9-4-10-16-48)36-17-19-37(20-18-36)45-29-41-21-23-43-31-46(32-44-24-22-42(30-45)55(41)56(43)44)57-59-51(38-11-5-2-6-12-38)35-52(60-57)39-13-7-3-8-14-39/h2-35H. The Morgan fingerprint density at radius 2 is 0.820 bits per heavy atom. The molecule has 2 heterocycles. The molecular formula is C57H34N4. The summed E-state index contributed by atoms with van der Waals surface area (Å²) in [5.74, 6) is 0.713. The molecule has 61 heavy (non-hydrogen) atoms. The van der Waals surface area contributed by atoms with E-state index < -0.39 is 0 Å². The van der Waals surface area contributed by atoms with Crippen LogP contribution >= 0.6 is 0 Å². The molecule has 0 amide bonds. The number of aromatic nitrogens is 3. The molecule has 10 aromatic carbocycles. The predicted octanol–water partition coefficient (Wildman–Crippen LogP) is 15.4. The highest BCUT2D eigenvalue weighted by atomic mass is 15.0. The van der Waals surface area contributed by atoms with Crippen molar-refractivity contribution in [3.05, 3.63) is 218 Å². The van der Waals surface area contributed by atoms with Gasteiger partial charge in [0.25, 0.3) is 0 Å². The minimum atomic E-state index is 0.637. The molecule has 0 aliphatic carbocycles. The second-order valence-corrected chi connectivity index (χ2v) is 15.7. The monoisotopic (exact) mass is 774 g/mol. The first-order valence-electron chi connectivity index (χ1n) is 20.5. The number of fused-ring (bicyclic) bond motifs is 3. The lowest BCUT2D eigenvalue weighted by Gasteiger charge is -2.15. The molecule has 0 spiro atoms. The maximum Gasteiger partial charge on any atom is 0.189 e. The average molecular weight is 775 g/mol. The molecule has 4 heteroatoms. The smallest absolute Gasteiger partial charge is 0.189 e. The van der Waals surface area contributed by atoms with Crippen molar-refractivity contribution in [2.75, 3.05) is 0 Å². The molecule has 0 unspecified atom stereocenters. The minimum absolute atomic E-state index is 0.637. The molecule has 0 bridgehead atoms. The number of hydrogen-bond donors (Lipinski definition) is 0. The maximum absolute atomic E-state index is 7.65. The van der Waals surface area contributed by atoms with Crippen LogP contribution in [0.3, 0.4) is 0 Å². The van der Waals surface area contributed by atoms with Crippen LogP contribution in [0.1, 0.15) is 0 Å². The predicted molar refractivity (Wildman–Crippen MR) is 254 cm³/mol. The van der Waals surface area contributed by atoms with Crippen LogP contribution in [0.4, 0.5) is 5.69 Å². The Balaban J connectivity index is 0.915. The van der Waals surface area contributed by atoms with Crippen LogP contribution in [-0.4, -0.2) is 14.5 Å². The molecule has 12 rings (SSSR count). The van der Waals surface area contributed by atoms with Crippen molar-refractivity contribution in [2.24, 2.45) is 0 Å². The van der Waals surface area contributed by atoms with Gasteiger partial charge < -0.3 is 4.57 Å². The zero-order valence-corrected chi connectivity index (χ0v) is 32.9. The molecule has 0 saturated heterocycles. The Hall–Kier alpha value is -8.39. The molecule has 2 aromatic heterocycles. The molecule has 282 valence electrons. The van der Waals surface area contributed by atoms with Gasteiger partial charge in [-0.15, -0.1) is 0 Å². The molecule has 0 N–H and O–H groups in total. The molecular weight excluding hydrogens is 741 g/mol. The van der Waals surface area contributed by atoms with Crippen molar-refractivity contribution in [3.8, 4) is 61.8 Å². The van der Waals surface area contributed by atoms with E-state index in [0.717, 1.165) is 61.3 Å². The summed E-state index contributed by atoms with van der Waals surface area (Å²) in [5.41, 5.74) is 13.5. The summed E-state index contributed by atoms with van der Waals surface area (Å²) in [5, 5.41) is 9.63. The summed E-state index contributed by atoms with van der Waals surface area (Å²) >= 11 is 0. The number of nitrogens with zero attached hydrogens (tertiary/aromatic N) is 4. The molecule has 0 atom stereocenters. The first-order chi connectivity index (χ1) is 30.1. The van der Waals surface area contributed by atoms with E-state index in [0.29, 0.717) is 11.5 Å². The molecule has 12 aromatic rings. The molecule has 0 saturated carbocycles. The summed E-state index contributed by atoms with van der Waals surface area (Å²) in [6.07, 6.45) is 0. The van der Waals surface area contributed by atoms with E-state index in [9.17, 15) is 0 Å². The summed E-state index contributed by atoms with van der Waals surface area (Å²) < 4.78 is 2.28. The van der Waals surface area contributed by atoms with Crippen molar-refractivity contribution < 1.29 is 0 Å². The van der Waals surface area contributed by atoms with Gasteiger partial charge in [0.2, 0.25) is 0 Å². The van der Waals surface area contributed by atoms with E-state index in [1.54, 1.807) is 0 Å². The van der Waals surface area contributed by atoms with Gasteiger partial charge in [-0.05, 0) is 109 Å². The third-order valence-electron chi connectivity index (χ3n) is 12.1. The van der Waals surface area contributed by atoms with E-state index >= 15 is 0 Å². The fraction of sp³-hybridized carbons (Fsp3) is 0. The number of rotatable bonds is 6. The number of para-hydroxylation sites is 1. The third-order valence-corrected chi connectivity index (χ3v) is 12.1. The van der Waals surface area contributed by atoms with Gasteiger partial charge in [0.15, 0.2) is 11.5 Å². The topological polar surface area (TPSA) is 35.1 Å². The highest BCUT2D eigenvalue weighted by Crippen LogP contribution is 2.41. The Bertz CT molecular complexity index is 3550. The zero-order valence-electron chi connectivity index (χ0n) is 32.9. The van der Waals surface area contributed by atoms with E-state index in [1.807, 2.05) is 30.3 Å². The van der Waals surface area contributed by atoms with Crippen LogP contribution in [0.25, 0.3) is 121 Å². The zero-order chi connectivity index (χ0) is 40.4. The van der Waals surface area contributed by atoms with E-state index in [1.165, 1.54) is 48.8 Å². The van der Waals surface area contributed by atoms with Crippen molar-refractivity contribution in [1.29, 1.82) is 0 Å². The minimum Gasteiger partial charge on any atom is -0.310 e. The van der Waals surface area contributed by atoms with Crippen LogP contribution in [0.2, 0.25) is 0 Å². The molecule has 4 nitrogen and oxygen atoms in total. The van der Waals surface area contributed by atoms with Gasteiger partial charge in [-0.1, -0.05) is 152 Å². The lowest BCUT2D eigenvalue weighted by molar-refractivity contribution is 1.18. The Morgan fingerprint density at radius 1 is 0.361 bits per heavy atom. The maximum atomic E-state index is 7.65. The van der Waals surface area contributed by atoms with Gasteiger partial charge in [0.1, 0.15) is 0 Å². The highest BCUT2D eigenvalue weighted by molar-refractivity contribution is 6.24. The van der Waals surface area contributed by atoms with Crippen molar-refractivity contribution in [2.45, 2.75) is 0 Å². The van der Waals surface area contributed by atoms with Crippen LogP contribution < -0.4 is 0 Å². The van der Waals surface area contributed by atoms with Gasteiger partial charge in [0.05, 0.1) is 23.5 Å². The van der Waals surface area contributed by atoms with Crippen molar-refractivity contribution in [1.82, 2.24) is 14.5 Å². The fourth-order valence-corrected chi connectivity index (χ4v) is 9.19. The largest absolute Gasteiger partial charge is 0.310 e. The average Bonchev–Trinajstić information content (AvgIpc) is 3.66. The van der Waals surface area contributed by atoms with Crippen LogP contribution in [0.15, 0.2) is 206 Å². The second-order valence-electron chi connectivity index (χ2n) is 15.7. The normalized spacial score (nSPS) is 11.6. The van der Waals surface area contributed by atoms with E-state index in [-0.39, 0.29) is 0 Å². The van der Waals surface area contributed by atoms with Gasteiger partial charge >= 0.3 is 0 Å². The second kappa shape index (κ2) is 13.9. The third kappa shape index (κ3) is 5.83. The Kier molecular flexibility index (Phi) is 7.88. The van der Waals surface area contributed by atoms with Crippen LogP contribution in [-0.2, 0) is 0 Å². The van der Waals surface area contributed by atoms with E-state index in [2.05, 4.69) is 185 Å². The van der Waals surface area contributed by atoms with Crippen molar-refractivity contribution in [3.63, 3.8) is 0 Å². The molecule has 0 radical (unpaired) electrons. The lowest BCUT2D eigenvalue weighted by atomic mass is 9.90. The van der Waals surface area contributed by atoms with Gasteiger partial charge in [0, 0.05) is 38.7 Å². The van der Waals surface area contributed by atoms with Gasteiger partial charge in [-0.25, -0.2) is 14.8 Å². The molecule has 0 aliphatic heterocycles. The Labute approximate surface area is 352 Å². The van der Waals surface area contributed by atoms with Gasteiger partial charge in [-0.2, -0.15) is 0 Å². The first kappa shape index (κ1) is 34.6. The van der Waals surface area contributed by atoms with Crippen LogP contribution in [0, 0.1) is 6.57 Å². The summed E-state index contributed by atoms with van der Waals surface area (Å²) in [6, 6.07) is 72.9. The lowest BCUT2D eigenvalue weighted by Crippen LogP contribution is -1.96. The van der Waals surface area contributed by atoms with Crippen LogP contribution in [0.5, 0.6) is 0 Å². The number of hydrogen-bond acceptors (Lipinski definition) is 2. The van der Waals surface area contributed by atoms with E-state index in [4.69, 9.17) is 16.5 Å². The summed E-state index contributed by atoms with van der Waals surface area (Å²) in [7, 11) is 0. The fourth-order valence-electron chi connectivity index (χ4n) is 9.19. The number of benzene rings is 10. The molecule has 0 aliphatic rings. The first-order valence-corrected chi connectivity index (χ1v) is 20.5. The molecule has 0 fully saturated rings. The summed E-state index contributed by atoms with van der Waals surface area (Å²) in [4.78, 5) is 14.0.